The van der Waals surface area contributed by atoms with E-state index in [9.17, 15) is 25.5 Å². The van der Waals surface area contributed by atoms with Crippen LogP contribution < -0.4 is 0 Å². The van der Waals surface area contributed by atoms with Gasteiger partial charge in [0.1, 0.15) is 42.7 Å². The molecule has 2 aliphatic rings. The summed E-state index contributed by atoms with van der Waals surface area (Å²) < 4.78 is 16.1. The standard InChI is InChI=1S/C13H24O9/c1-4-7(15)9(17)11(19)13(21-4)22-12-5(2)20-6(3-14)8(16)10(12)18/h4-19H,3H2,1-2H3/t4?,5-,6?,7+,8-,9-,10-,11?,12?,13-/m0/s1. The fourth-order valence-corrected chi connectivity index (χ4v) is 2.75. The Balaban J connectivity index is 2.06. The zero-order valence-corrected chi connectivity index (χ0v) is 12.4. The molecule has 2 fully saturated rings. The number of aliphatic hydroxyl groups is 6. The van der Waals surface area contributed by atoms with Gasteiger partial charge in [-0.05, 0) is 13.8 Å². The van der Waals surface area contributed by atoms with E-state index in [1.807, 2.05) is 0 Å². The summed E-state index contributed by atoms with van der Waals surface area (Å²) in [4.78, 5) is 0. The van der Waals surface area contributed by atoms with E-state index in [1.54, 1.807) is 6.92 Å². The summed E-state index contributed by atoms with van der Waals surface area (Å²) in [6.45, 7) is 2.62. The summed E-state index contributed by atoms with van der Waals surface area (Å²) in [5.74, 6) is 0. The normalized spacial score (nSPS) is 53.5. The molecular weight excluding hydrogens is 300 g/mol. The van der Waals surface area contributed by atoms with Crippen LogP contribution in [0.4, 0.5) is 0 Å². The molecule has 0 amide bonds. The third-order valence-electron chi connectivity index (χ3n) is 4.20. The summed E-state index contributed by atoms with van der Waals surface area (Å²) in [7, 11) is 0. The highest BCUT2D eigenvalue weighted by Gasteiger charge is 2.48. The second kappa shape index (κ2) is 7.04. The molecule has 0 aromatic heterocycles. The zero-order chi connectivity index (χ0) is 16.6. The quantitative estimate of drug-likeness (QED) is 0.314. The smallest absolute Gasteiger partial charge is 0.187 e. The Morgan fingerprint density at radius 1 is 0.773 bits per heavy atom. The maximum Gasteiger partial charge on any atom is 0.187 e. The second-order valence-electron chi connectivity index (χ2n) is 5.83. The molecule has 2 rings (SSSR count). The van der Waals surface area contributed by atoms with Crippen LogP contribution in [0, 0.1) is 0 Å². The van der Waals surface area contributed by atoms with Gasteiger partial charge in [0.15, 0.2) is 6.29 Å². The Labute approximate surface area is 127 Å². The van der Waals surface area contributed by atoms with Crippen LogP contribution >= 0.6 is 0 Å². The van der Waals surface area contributed by atoms with Crippen molar-refractivity contribution >= 4 is 0 Å². The van der Waals surface area contributed by atoms with Gasteiger partial charge in [-0.15, -0.1) is 0 Å². The first kappa shape index (κ1) is 18.0. The fourth-order valence-electron chi connectivity index (χ4n) is 2.75. The lowest BCUT2D eigenvalue weighted by Gasteiger charge is -2.45. The topological polar surface area (TPSA) is 149 Å². The number of ether oxygens (including phenoxy) is 3. The molecular formula is C13H24O9. The predicted octanol–water partition coefficient (Wildman–Crippen LogP) is -3.30. The maximum atomic E-state index is 10.1. The average molecular weight is 324 g/mol. The van der Waals surface area contributed by atoms with E-state index in [0.29, 0.717) is 0 Å². The zero-order valence-electron chi connectivity index (χ0n) is 12.4. The molecule has 2 heterocycles. The van der Waals surface area contributed by atoms with Crippen LogP contribution in [0.1, 0.15) is 13.8 Å². The minimum atomic E-state index is -1.52. The Morgan fingerprint density at radius 2 is 1.41 bits per heavy atom. The Morgan fingerprint density at radius 3 is 2.00 bits per heavy atom. The van der Waals surface area contributed by atoms with Crippen LogP contribution in [0.15, 0.2) is 0 Å². The maximum absolute atomic E-state index is 10.1. The van der Waals surface area contributed by atoms with Crippen LogP contribution in [-0.2, 0) is 14.2 Å². The largest absolute Gasteiger partial charge is 0.394 e. The van der Waals surface area contributed by atoms with Gasteiger partial charge < -0.3 is 44.8 Å². The van der Waals surface area contributed by atoms with Gasteiger partial charge in [-0.3, -0.25) is 0 Å². The summed E-state index contributed by atoms with van der Waals surface area (Å²) in [5.41, 5.74) is 0. The molecule has 0 saturated carbocycles. The highest BCUT2D eigenvalue weighted by Crippen LogP contribution is 2.28. The van der Waals surface area contributed by atoms with Crippen molar-refractivity contribution < 1.29 is 44.8 Å². The van der Waals surface area contributed by atoms with Gasteiger partial charge in [-0.1, -0.05) is 0 Å². The van der Waals surface area contributed by atoms with Gasteiger partial charge in [0.2, 0.25) is 0 Å². The van der Waals surface area contributed by atoms with Gasteiger partial charge >= 0.3 is 0 Å². The van der Waals surface area contributed by atoms with Crippen LogP contribution in [0.25, 0.3) is 0 Å². The van der Waals surface area contributed by atoms with Crippen LogP contribution in [0.2, 0.25) is 0 Å². The van der Waals surface area contributed by atoms with Gasteiger partial charge in [0.25, 0.3) is 0 Å². The molecule has 22 heavy (non-hydrogen) atoms. The summed E-state index contributed by atoms with van der Waals surface area (Å²) in [5, 5.41) is 58.3. The van der Waals surface area contributed by atoms with Gasteiger partial charge in [-0.2, -0.15) is 0 Å². The number of aliphatic hydroxyl groups excluding tert-OH is 6. The SMILES string of the molecule is CC1O[C@@H](OC2[C@H](C)OC(CO)[C@H](O)[C@@H]2O)C(O)[C@@H](O)[C@@H]1O. The van der Waals surface area contributed by atoms with E-state index < -0.39 is 67.8 Å². The summed E-state index contributed by atoms with van der Waals surface area (Å²) in [6, 6.07) is 0. The molecule has 0 radical (unpaired) electrons. The van der Waals surface area contributed by atoms with E-state index >= 15 is 0 Å². The summed E-state index contributed by atoms with van der Waals surface area (Å²) >= 11 is 0. The molecule has 2 aliphatic heterocycles. The van der Waals surface area contributed by atoms with Crippen molar-refractivity contribution in [2.24, 2.45) is 0 Å². The second-order valence-corrected chi connectivity index (χ2v) is 5.83. The monoisotopic (exact) mass is 324 g/mol. The molecule has 0 aromatic carbocycles. The van der Waals surface area contributed by atoms with Crippen LogP contribution in [0.3, 0.4) is 0 Å². The molecule has 4 unspecified atom stereocenters. The van der Waals surface area contributed by atoms with Crippen molar-refractivity contribution in [2.45, 2.75) is 75.1 Å². The molecule has 0 bridgehead atoms. The average Bonchev–Trinajstić information content (AvgIpc) is 2.49. The van der Waals surface area contributed by atoms with Crippen LogP contribution in [-0.4, -0.2) is 98.5 Å². The van der Waals surface area contributed by atoms with Crippen molar-refractivity contribution in [3.8, 4) is 0 Å². The molecule has 6 N–H and O–H groups in total. The van der Waals surface area contributed by atoms with E-state index in [4.69, 9.17) is 19.3 Å². The lowest BCUT2D eigenvalue weighted by atomic mass is 9.95. The highest BCUT2D eigenvalue weighted by molar-refractivity contribution is 4.93. The van der Waals surface area contributed by atoms with Gasteiger partial charge in [0, 0.05) is 0 Å². The fraction of sp³-hybridized carbons (Fsp3) is 1.00. The lowest BCUT2D eigenvalue weighted by Crippen LogP contribution is -2.63. The molecule has 2 saturated heterocycles. The lowest BCUT2D eigenvalue weighted by molar-refractivity contribution is -0.335. The molecule has 9 heteroatoms. The molecule has 130 valence electrons. The first-order valence-electron chi connectivity index (χ1n) is 7.25. The number of hydrogen-bond acceptors (Lipinski definition) is 9. The molecule has 10 atom stereocenters. The van der Waals surface area contributed by atoms with Crippen molar-refractivity contribution in [2.75, 3.05) is 6.61 Å². The van der Waals surface area contributed by atoms with Crippen LogP contribution in [0.5, 0.6) is 0 Å². The van der Waals surface area contributed by atoms with Crippen molar-refractivity contribution in [1.82, 2.24) is 0 Å². The molecule has 0 spiro atoms. The Hall–Kier alpha value is -0.360. The molecule has 0 aromatic rings. The summed E-state index contributed by atoms with van der Waals surface area (Å²) in [6.07, 6.45) is -11.7. The Kier molecular flexibility index (Phi) is 5.75. The van der Waals surface area contributed by atoms with Crippen molar-refractivity contribution in [3.05, 3.63) is 0 Å². The third kappa shape index (κ3) is 3.28. The molecule has 0 aliphatic carbocycles. The van der Waals surface area contributed by atoms with E-state index in [2.05, 4.69) is 0 Å². The van der Waals surface area contributed by atoms with E-state index in [1.165, 1.54) is 6.92 Å². The number of hydrogen-bond donors (Lipinski definition) is 6. The minimum Gasteiger partial charge on any atom is -0.394 e. The molecule has 9 nitrogen and oxygen atoms in total. The van der Waals surface area contributed by atoms with E-state index in [0.717, 1.165) is 0 Å². The van der Waals surface area contributed by atoms with Crippen molar-refractivity contribution in [3.63, 3.8) is 0 Å². The van der Waals surface area contributed by atoms with Crippen molar-refractivity contribution in [1.29, 1.82) is 0 Å². The van der Waals surface area contributed by atoms with Gasteiger partial charge in [0.05, 0.1) is 18.8 Å². The highest BCUT2D eigenvalue weighted by atomic mass is 16.7. The van der Waals surface area contributed by atoms with E-state index in [-0.39, 0.29) is 0 Å². The van der Waals surface area contributed by atoms with Gasteiger partial charge in [-0.25, -0.2) is 0 Å². The minimum absolute atomic E-state index is 0.459. The first-order chi connectivity index (χ1) is 10.3. The number of rotatable bonds is 3. The predicted molar refractivity (Wildman–Crippen MR) is 70.7 cm³/mol. The first-order valence-corrected chi connectivity index (χ1v) is 7.25. The Bertz CT molecular complexity index is 367. The third-order valence-corrected chi connectivity index (χ3v) is 4.20.